The van der Waals surface area contributed by atoms with Crippen molar-refractivity contribution < 1.29 is 0 Å². The summed E-state index contributed by atoms with van der Waals surface area (Å²) in [4.78, 5) is 1.23. The predicted molar refractivity (Wildman–Crippen MR) is 63.0 cm³/mol. The van der Waals surface area contributed by atoms with Crippen molar-refractivity contribution in [3.8, 4) is 0 Å². The van der Waals surface area contributed by atoms with Gasteiger partial charge in [-0.15, -0.1) is 11.8 Å². The first-order valence-electron chi connectivity index (χ1n) is 3.72. The van der Waals surface area contributed by atoms with E-state index in [2.05, 4.69) is 19.1 Å². The molecule has 0 saturated carbocycles. The quantitative estimate of drug-likeness (QED) is 0.542. The minimum Gasteiger partial charge on any atom is -0.108 e. The van der Waals surface area contributed by atoms with Gasteiger partial charge < -0.3 is 0 Å². The molecule has 12 heavy (non-hydrogen) atoms. The lowest BCUT2D eigenvalue weighted by molar-refractivity contribution is 1.48. The highest BCUT2D eigenvalue weighted by Crippen LogP contribution is 2.25. The number of rotatable bonds is 2. The third-order valence-corrected chi connectivity index (χ3v) is 3.61. The Kier molecular flexibility index (Phi) is 4.73. The first-order valence-corrected chi connectivity index (χ1v) is 5.93. The van der Waals surface area contributed by atoms with Gasteiger partial charge in [-0.05, 0) is 17.9 Å². The van der Waals surface area contributed by atoms with Gasteiger partial charge in [0.2, 0.25) is 0 Å². The van der Waals surface area contributed by atoms with Gasteiger partial charge in [0, 0.05) is 4.90 Å². The third-order valence-electron chi connectivity index (χ3n) is 1.21. The number of thioether (sulfide) groups is 2. The van der Waals surface area contributed by atoms with Gasteiger partial charge in [-0.3, -0.25) is 0 Å². The van der Waals surface area contributed by atoms with E-state index in [0.717, 1.165) is 9.28 Å². The van der Waals surface area contributed by atoms with Crippen LogP contribution in [0, 0.1) is 0 Å². The topological polar surface area (TPSA) is 0 Å². The molecular formula is C9H10S3. The zero-order valence-corrected chi connectivity index (χ0v) is 9.27. The van der Waals surface area contributed by atoms with E-state index in [1.807, 2.05) is 18.2 Å². The highest BCUT2D eigenvalue weighted by atomic mass is 32.2. The molecule has 0 aliphatic carbocycles. The van der Waals surface area contributed by atoms with Crippen LogP contribution in [0.1, 0.15) is 6.92 Å². The van der Waals surface area contributed by atoms with E-state index in [1.54, 1.807) is 23.5 Å². The molecular weight excluding hydrogens is 204 g/mol. The molecule has 0 amide bonds. The first kappa shape index (κ1) is 10.1. The fourth-order valence-corrected chi connectivity index (χ4v) is 2.97. The van der Waals surface area contributed by atoms with Crippen LogP contribution in [-0.4, -0.2) is 9.28 Å². The summed E-state index contributed by atoms with van der Waals surface area (Å²) in [5.74, 6) is 1.05. The second-order valence-corrected chi connectivity index (χ2v) is 5.64. The lowest BCUT2D eigenvalue weighted by Gasteiger charge is -1.99. The monoisotopic (exact) mass is 214 g/mol. The second-order valence-electron chi connectivity index (χ2n) is 2.10. The lowest BCUT2D eigenvalue weighted by Crippen LogP contribution is -1.80. The molecule has 0 fully saturated rings. The number of thiocarbonyl (C=S) groups is 1. The Morgan fingerprint density at radius 1 is 1.33 bits per heavy atom. The summed E-state index contributed by atoms with van der Waals surface area (Å²) in [5.41, 5.74) is 0. The van der Waals surface area contributed by atoms with Crippen LogP contribution in [0.15, 0.2) is 35.2 Å². The summed E-state index contributed by atoms with van der Waals surface area (Å²) < 4.78 is 1.00. The van der Waals surface area contributed by atoms with Crippen LogP contribution < -0.4 is 0 Å². The molecule has 0 saturated heterocycles. The van der Waals surface area contributed by atoms with Crippen LogP contribution in [-0.2, 0) is 0 Å². The zero-order valence-electron chi connectivity index (χ0n) is 6.82. The van der Waals surface area contributed by atoms with Crippen molar-refractivity contribution in [2.24, 2.45) is 0 Å². The Hall–Kier alpha value is 0.01000. The number of benzene rings is 1. The van der Waals surface area contributed by atoms with E-state index in [0.29, 0.717) is 0 Å². The molecule has 1 rings (SSSR count). The maximum absolute atomic E-state index is 5.16. The van der Waals surface area contributed by atoms with Crippen molar-refractivity contribution in [1.82, 2.24) is 0 Å². The molecule has 64 valence electrons. The minimum absolute atomic E-state index is 1.00. The Bertz CT molecular complexity index is 243. The molecule has 0 N–H and O–H groups in total. The van der Waals surface area contributed by atoms with Crippen molar-refractivity contribution in [3.63, 3.8) is 0 Å². The Labute approximate surface area is 87.1 Å². The molecule has 0 heterocycles. The van der Waals surface area contributed by atoms with Gasteiger partial charge in [-0.25, -0.2) is 0 Å². The average Bonchev–Trinajstić information content (AvgIpc) is 2.06. The Morgan fingerprint density at radius 3 is 2.58 bits per heavy atom. The van der Waals surface area contributed by atoms with E-state index < -0.39 is 0 Å². The summed E-state index contributed by atoms with van der Waals surface area (Å²) in [7, 11) is 0. The average molecular weight is 214 g/mol. The Balaban J connectivity index is 2.47. The lowest BCUT2D eigenvalue weighted by atomic mass is 10.4. The van der Waals surface area contributed by atoms with Gasteiger partial charge in [0.25, 0.3) is 0 Å². The SMILES string of the molecule is CCSC(=S)Sc1ccccc1. The molecule has 3 heteroatoms. The van der Waals surface area contributed by atoms with Gasteiger partial charge >= 0.3 is 0 Å². The number of hydrogen-bond acceptors (Lipinski definition) is 3. The molecule has 0 nitrogen and oxygen atoms in total. The van der Waals surface area contributed by atoms with Crippen LogP contribution in [0.2, 0.25) is 0 Å². The minimum atomic E-state index is 1.00. The van der Waals surface area contributed by atoms with Gasteiger partial charge in [0.05, 0.1) is 0 Å². The molecule has 0 radical (unpaired) electrons. The van der Waals surface area contributed by atoms with E-state index in [9.17, 15) is 0 Å². The molecule has 0 aliphatic heterocycles. The van der Waals surface area contributed by atoms with Gasteiger partial charge in [-0.2, -0.15) is 0 Å². The largest absolute Gasteiger partial charge is 0.109 e. The van der Waals surface area contributed by atoms with Crippen LogP contribution in [0.3, 0.4) is 0 Å². The van der Waals surface area contributed by atoms with Crippen LogP contribution in [0.4, 0.5) is 0 Å². The molecule has 0 atom stereocenters. The van der Waals surface area contributed by atoms with E-state index in [4.69, 9.17) is 12.2 Å². The fourth-order valence-electron chi connectivity index (χ4n) is 0.732. The van der Waals surface area contributed by atoms with Crippen molar-refractivity contribution in [2.75, 3.05) is 5.75 Å². The summed E-state index contributed by atoms with van der Waals surface area (Å²) in [5, 5.41) is 0. The number of hydrogen-bond donors (Lipinski definition) is 0. The summed E-state index contributed by atoms with van der Waals surface area (Å²) in [6, 6.07) is 10.2. The van der Waals surface area contributed by atoms with E-state index in [-0.39, 0.29) is 0 Å². The molecule has 1 aromatic rings. The van der Waals surface area contributed by atoms with Crippen molar-refractivity contribution in [2.45, 2.75) is 11.8 Å². The molecule has 1 aromatic carbocycles. The molecule has 0 unspecified atom stereocenters. The first-order chi connectivity index (χ1) is 5.83. The summed E-state index contributed by atoms with van der Waals surface area (Å²) in [6.07, 6.45) is 0. The van der Waals surface area contributed by atoms with Gasteiger partial charge in [0.1, 0.15) is 3.53 Å². The van der Waals surface area contributed by atoms with E-state index >= 15 is 0 Å². The second kappa shape index (κ2) is 5.62. The third kappa shape index (κ3) is 3.61. The highest BCUT2D eigenvalue weighted by molar-refractivity contribution is 8.47. The van der Waals surface area contributed by atoms with Crippen molar-refractivity contribution in [3.05, 3.63) is 30.3 Å². The normalized spacial score (nSPS) is 9.75. The highest BCUT2D eigenvalue weighted by Gasteiger charge is 1.97. The summed E-state index contributed by atoms with van der Waals surface area (Å²) in [6.45, 7) is 2.11. The summed E-state index contributed by atoms with van der Waals surface area (Å²) >= 11 is 8.54. The molecule has 0 aliphatic rings. The molecule has 0 spiro atoms. The van der Waals surface area contributed by atoms with Crippen molar-refractivity contribution >= 4 is 39.3 Å². The zero-order chi connectivity index (χ0) is 8.81. The maximum Gasteiger partial charge on any atom is 0.109 e. The smallest absolute Gasteiger partial charge is 0.108 e. The van der Waals surface area contributed by atoms with Gasteiger partial charge in [-0.1, -0.05) is 49.1 Å². The molecule has 0 bridgehead atoms. The van der Waals surface area contributed by atoms with Crippen LogP contribution in [0.5, 0.6) is 0 Å². The van der Waals surface area contributed by atoms with E-state index in [1.165, 1.54) is 4.90 Å². The maximum atomic E-state index is 5.16. The van der Waals surface area contributed by atoms with Gasteiger partial charge in [0.15, 0.2) is 0 Å². The van der Waals surface area contributed by atoms with Crippen LogP contribution >= 0.6 is 35.7 Å². The molecule has 0 aromatic heterocycles. The Morgan fingerprint density at radius 2 is 2.00 bits per heavy atom. The van der Waals surface area contributed by atoms with Crippen LogP contribution in [0.25, 0.3) is 0 Å². The van der Waals surface area contributed by atoms with Crippen molar-refractivity contribution in [1.29, 1.82) is 0 Å². The fraction of sp³-hybridized carbons (Fsp3) is 0.222. The standard InChI is InChI=1S/C9H10S3/c1-2-11-9(10)12-8-6-4-3-5-7-8/h3-7H,2H2,1H3. The predicted octanol–water partition coefficient (Wildman–Crippen LogP) is 3.82.